The Labute approximate surface area is 213 Å². The molecule has 0 fully saturated rings. The Morgan fingerprint density at radius 1 is 1.11 bits per heavy atom. The number of carboxylic acids is 1. The maximum Gasteiger partial charge on any atom is 0.417 e. The van der Waals surface area contributed by atoms with Crippen molar-refractivity contribution < 1.29 is 37.3 Å². The summed E-state index contributed by atoms with van der Waals surface area (Å²) in [7, 11) is 0. The van der Waals surface area contributed by atoms with Gasteiger partial charge in [0.2, 0.25) is 5.88 Å². The number of nitrogens with zero attached hydrogens (tertiary/aromatic N) is 3. The summed E-state index contributed by atoms with van der Waals surface area (Å²) >= 11 is 0. The van der Waals surface area contributed by atoms with Crippen LogP contribution in [0.4, 0.5) is 13.2 Å². The molecule has 1 aromatic carbocycles. The molecular formula is C26H30F3N3O5. The summed E-state index contributed by atoms with van der Waals surface area (Å²) in [5, 5.41) is 13.3. The first-order valence-electron chi connectivity index (χ1n) is 12.0. The minimum absolute atomic E-state index is 0.0269. The molecule has 11 heteroatoms. The van der Waals surface area contributed by atoms with Crippen LogP contribution in [0.5, 0.6) is 17.4 Å². The quantitative estimate of drug-likeness (QED) is 0.297. The fourth-order valence-corrected chi connectivity index (χ4v) is 3.50. The second-order valence-corrected chi connectivity index (χ2v) is 8.53. The minimum atomic E-state index is -4.46. The molecule has 3 rings (SSSR count). The molecule has 0 spiro atoms. The number of carbonyl (C=O) groups is 1. The number of rotatable bonds is 13. The summed E-state index contributed by atoms with van der Waals surface area (Å²) in [6.45, 7) is 6.35. The molecular weight excluding hydrogens is 491 g/mol. The molecule has 1 N–H and O–H groups in total. The topological polar surface area (TPSA) is 95.7 Å². The van der Waals surface area contributed by atoms with Gasteiger partial charge in [0.25, 0.3) is 0 Å². The monoisotopic (exact) mass is 521 g/mol. The van der Waals surface area contributed by atoms with Crippen molar-refractivity contribution in [3.8, 4) is 23.2 Å². The van der Waals surface area contributed by atoms with Crippen LogP contribution in [0, 0.1) is 0 Å². The van der Waals surface area contributed by atoms with Crippen molar-refractivity contribution in [3.05, 3.63) is 59.4 Å². The zero-order chi connectivity index (χ0) is 27.0. The first-order chi connectivity index (χ1) is 17.6. The molecule has 0 saturated heterocycles. The van der Waals surface area contributed by atoms with Gasteiger partial charge in [0, 0.05) is 24.4 Å². The Hall–Kier alpha value is -3.76. The first-order valence-corrected chi connectivity index (χ1v) is 12.0. The summed E-state index contributed by atoms with van der Waals surface area (Å²) < 4.78 is 57.3. The van der Waals surface area contributed by atoms with E-state index in [9.17, 15) is 18.0 Å². The van der Waals surface area contributed by atoms with E-state index in [1.165, 1.54) is 10.7 Å². The van der Waals surface area contributed by atoms with E-state index in [2.05, 4.69) is 10.1 Å². The molecule has 2 heterocycles. The number of alkyl halides is 3. The van der Waals surface area contributed by atoms with E-state index in [0.29, 0.717) is 49.9 Å². The smallest absolute Gasteiger partial charge is 0.417 e. The number of hydrogen-bond donors (Lipinski definition) is 1. The summed E-state index contributed by atoms with van der Waals surface area (Å²) in [4.78, 5) is 14.8. The van der Waals surface area contributed by atoms with Crippen LogP contribution in [0.2, 0.25) is 0 Å². The van der Waals surface area contributed by atoms with Gasteiger partial charge in [-0.25, -0.2) is 9.67 Å². The van der Waals surface area contributed by atoms with Crippen LogP contribution in [0.15, 0.2) is 42.7 Å². The Morgan fingerprint density at radius 2 is 1.89 bits per heavy atom. The number of aryl methyl sites for hydroxylation is 2. The van der Waals surface area contributed by atoms with Crippen LogP contribution in [-0.2, 0) is 23.8 Å². The van der Waals surface area contributed by atoms with Crippen LogP contribution in [-0.4, -0.2) is 45.2 Å². The lowest BCUT2D eigenvalue weighted by Gasteiger charge is -2.16. The third kappa shape index (κ3) is 8.12. The predicted octanol–water partition coefficient (Wildman–Crippen LogP) is 5.50. The Morgan fingerprint density at radius 3 is 2.51 bits per heavy atom. The SMILES string of the molecule is CCOc1nn(-c2ccc(C(F)(F)F)cn2)cc1CCCOc1ccc(CCC(=O)O)cc1OC(C)C. The number of aliphatic carboxylic acids is 1. The minimum Gasteiger partial charge on any atom is -0.490 e. The Kier molecular flexibility index (Phi) is 9.37. The van der Waals surface area contributed by atoms with Gasteiger partial charge in [-0.05, 0) is 69.9 Å². The number of ether oxygens (including phenoxy) is 3. The van der Waals surface area contributed by atoms with Gasteiger partial charge < -0.3 is 19.3 Å². The zero-order valence-electron chi connectivity index (χ0n) is 20.9. The number of hydrogen-bond acceptors (Lipinski definition) is 6. The molecule has 0 radical (unpaired) electrons. The molecule has 2 aromatic heterocycles. The average Bonchev–Trinajstić information content (AvgIpc) is 3.23. The summed E-state index contributed by atoms with van der Waals surface area (Å²) in [6.07, 6.45) is -0.520. The molecule has 0 saturated carbocycles. The highest BCUT2D eigenvalue weighted by atomic mass is 19.4. The van der Waals surface area contributed by atoms with Crippen molar-refractivity contribution in [3.63, 3.8) is 0 Å². The van der Waals surface area contributed by atoms with Gasteiger partial charge in [0.1, 0.15) is 0 Å². The lowest BCUT2D eigenvalue weighted by molar-refractivity contribution is -0.138. The van der Waals surface area contributed by atoms with Crippen molar-refractivity contribution >= 4 is 5.97 Å². The number of pyridine rings is 1. The van der Waals surface area contributed by atoms with Gasteiger partial charge >= 0.3 is 12.1 Å². The molecule has 200 valence electrons. The highest BCUT2D eigenvalue weighted by molar-refractivity contribution is 5.67. The molecule has 0 bridgehead atoms. The highest BCUT2D eigenvalue weighted by Gasteiger charge is 2.30. The molecule has 0 atom stereocenters. The third-order valence-corrected chi connectivity index (χ3v) is 5.19. The second-order valence-electron chi connectivity index (χ2n) is 8.53. The summed E-state index contributed by atoms with van der Waals surface area (Å²) in [6, 6.07) is 7.61. The van der Waals surface area contributed by atoms with E-state index in [1.54, 1.807) is 18.3 Å². The number of halogens is 3. The first kappa shape index (κ1) is 27.8. The average molecular weight is 522 g/mol. The Balaban J connectivity index is 1.65. The Bertz CT molecular complexity index is 1180. The van der Waals surface area contributed by atoms with Crippen LogP contribution >= 0.6 is 0 Å². The largest absolute Gasteiger partial charge is 0.490 e. The zero-order valence-corrected chi connectivity index (χ0v) is 20.9. The molecule has 8 nitrogen and oxygen atoms in total. The van der Waals surface area contributed by atoms with E-state index in [0.717, 1.165) is 23.4 Å². The van der Waals surface area contributed by atoms with Gasteiger partial charge in [-0.3, -0.25) is 4.79 Å². The van der Waals surface area contributed by atoms with Gasteiger partial charge in [0.15, 0.2) is 17.3 Å². The van der Waals surface area contributed by atoms with Crippen molar-refractivity contribution in [1.29, 1.82) is 0 Å². The number of aromatic nitrogens is 3. The standard InChI is InChI=1S/C26H30F3N3O5/c1-4-35-25-19(16-32(31-25)23-11-9-20(15-30-23)26(27,28)29)6-5-13-36-21-10-7-18(8-12-24(33)34)14-22(21)37-17(2)3/h7,9-11,14-17H,4-6,8,12-13H2,1-3H3,(H,33,34). The normalized spacial score (nSPS) is 11.5. The van der Waals surface area contributed by atoms with Gasteiger partial charge in [0.05, 0.1) is 24.9 Å². The van der Waals surface area contributed by atoms with Crippen LogP contribution < -0.4 is 14.2 Å². The lowest BCUT2D eigenvalue weighted by Crippen LogP contribution is -2.09. The molecule has 0 aliphatic carbocycles. The van der Waals surface area contributed by atoms with Crippen molar-refractivity contribution in [2.45, 2.75) is 58.7 Å². The highest BCUT2D eigenvalue weighted by Crippen LogP contribution is 2.31. The maximum absolute atomic E-state index is 12.8. The molecule has 0 aliphatic heterocycles. The molecule has 0 amide bonds. The van der Waals surface area contributed by atoms with E-state index >= 15 is 0 Å². The van der Waals surface area contributed by atoms with Crippen molar-refractivity contribution in [2.75, 3.05) is 13.2 Å². The number of carboxylic acid groups (broad SMARTS) is 1. The molecule has 3 aromatic rings. The van der Waals surface area contributed by atoms with Gasteiger partial charge in [-0.1, -0.05) is 6.07 Å². The van der Waals surface area contributed by atoms with Crippen LogP contribution in [0.1, 0.15) is 50.3 Å². The van der Waals surface area contributed by atoms with Crippen molar-refractivity contribution in [2.24, 2.45) is 0 Å². The second kappa shape index (κ2) is 12.5. The maximum atomic E-state index is 12.8. The van der Waals surface area contributed by atoms with E-state index in [4.69, 9.17) is 19.3 Å². The fraction of sp³-hybridized carbons (Fsp3) is 0.423. The van der Waals surface area contributed by atoms with Crippen LogP contribution in [0.25, 0.3) is 5.82 Å². The van der Waals surface area contributed by atoms with E-state index < -0.39 is 17.7 Å². The van der Waals surface area contributed by atoms with Gasteiger partial charge in [-0.2, -0.15) is 13.2 Å². The number of benzene rings is 1. The van der Waals surface area contributed by atoms with E-state index in [1.807, 2.05) is 26.8 Å². The van der Waals surface area contributed by atoms with Crippen LogP contribution in [0.3, 0.4) is 0 Å². The molecule has 37 heavy (non-hydrogen) atoms. The lowest BCUT2D eigenvalue weighted by atomic mass is 10.1. The fourth-order valence-electron chi connectivity index (χ4n) is 3.50. The third-order valence-electron chi connectivity index (χ3n) is 5.19. The summed E-state index contributed by atoms with van der Waals surface area (Å²) in [5.74, 6) is 0.873. The summed E-state index contributed by atoms with van der Waals surface area (Å²) in [5.41, 5.74) is 0.785. The molecule has 0 aliphatic rings. The molecule has 0 unspecified atom stereocenters. The van der Waals surface area contributed by atoms with Gasteiger partial charge in [-0.15, -0.1) is 5.10 Å². The predicted molar refractivity (Wildman–Crippen MR) is 130 cm³/mol. The van der Waals surface area contributed by atoms with E-state index in [-0.39, 0.29) is 18.3 Å². The van der Waals surface area contributed by atoms with Crippen molar-refractivity contribution in [1.82, 2.24) is 14.8 Å².